The van der Waals surface area contributed by atoms with E-state index in [1.807, 2.05) is 0 Å². The highest BCUT2D eigenvalue weighted by atomic mass is 19.3. The fourth-order valence-corrected chi connectivity index (χ4v) is 3.14. The topological polar surface area (TPSA) is 69.2 Å². The Hall–Kier alpha value is -1.50. The standard InChI is InChI=1S/C14H19F2N3O2/c15-14(16,13(21)4-2-5-13)12(20)19-6-1-3-10(9-19)11-7-17-18-8-11/h7-8,10,21H,1-6,9H2,(H,17,18). The Kier molecular flexibility index (Phi) is 3.47. The molecule has 0 radical (unpaired) electrons. The molecule has 1 aromatic heterocycles. The zero-order valence-corrected chi connectivity index (χ0v) is 11.7. The summed E-state index contributed by atoms with van der Waals surface area (Å²) in [6.07, 6.45) is 5.44. The minimum Gasteiger partial charge on any atom is -0.383 e. The van der Waals surface area contributed by atoms with Crippen LogP contribution in [0.25, 0.3) is 0 Å². The van der Waals surface area contributed by atoms with E-state index >= 15 is 0 Å². The number of hydrogen-bond acceptors (Lipinski definition) is 3. The third-order valence-corrected chi connectivity index (χ3v) is 4.73. The zero-order chi connectivity index (χ0) is 15.1. The Morgan fingerprint density at radius 3 is 2.81 bits per heavy atom. The van der Waals surface area contributed by atoms with Crippen LogP contribution in [0, 0.1) is 0 Å². The predicted molar refractivity (Wildman–Crippen MR) is 70.9 cm³/mol. The van der Waals surface area contributed by atoms with Crippen molar-refractivity contribution >= 4 is 5.91 Å². The molecule has 1 unspecified atom stereocenters. The molecular formula is C14H19F2N3O2. The molecule has 0 spiro atoms. The van der Waals surface area contributed by atoms with Gasteiger partial charge in [-0.15, -0.1) is 0 Å². The molecule has 1 amide bonds. The van der Waals surface area contributed by atoms with Gasteiger partial charge in [0, 0.05) is 25.2 Å². The van der Waals surface area contributed by atoms with E-state index in [1.54, 1.807) is 12.4 Å². The number of nitrogens with zero attached hydrogens (tertiary/aromatic N) is 2. The van der Waals surface area contributed by atoms with E-state index in [4.69, 9.17) is 0 Å². The number of rotatable bonds is 3. The summed E-state index contributed by atoms with van der Waals surface area (Å²) < 4.78 is 28.5. The lowest BCUT2D eigenvalue weighted by Crippen LogP contribution is -2.62. The van der Waals surface area contributed by atoms with E-state index in [0.717, 1.165) is 12.0 Å². The lowest BCUT2D eigenvalue weighted by Gasteiger charge is -2.44. The number of aliphatic hydroxyl groups is 1. The molecule has 2 fully saturated rings. The summed E-state index contributed by atoms with van der Waals surface area (Å²) in [7, 11) is 0. The van der Waals surface area contributed by atoms with Crippen LogP contribution in [0.5, 0.6) is 0 Å². The fraction of sp³-hybridized carbons (Fsp3) is 0.714. The Morgan fingerprint density at radius 2 is 2.24 bits per heavy atom. The van der Waals surface area contributed by atoms with E-state index in [-0.39, 0.29) is 25.3 Å². The number of nitrogens with one attached hydrogen (secondary N) is 1. The van der Waals surface area contributed by atoms with Gasteiger partial charge in [0.25, 0.3) is 5.91 Å². The second kappa shape index (κ2) is 5.05. The van der Waals surface area contributed by atoms with Crippen LogP contribution in [0.15, 0.2) is 12.4 Å². The summed E-state index contributed by atoms with van der Waals surface area (Å²) in [4.78, 5) is 13.4. The van der Waals surface area contributed by atoms with E-state index in [2.05, 4.69) is 10.2 Å². The largest absolute Gasteiger partial charge is 0.383 e. The van der Waals surface area contributed by atoms with E-state index in [0.29, 0.717) is 19.4 Å². The van der Waals surface area contributed by atoms with Crippen molar-refractivity contribution in [3.8, 4) is 0 Å². The molecule has 2 heterocycles. The van der Waals surface area contributed by atoms with E-state index in [9.17, 15) is 18.7 Å². The minimum absolute atomic E-state index is 0.00919. The van der Waals surface area contributed by atoms with Gasteiger partial charge in [-0.2, -0.15) is 13.9 Å². The van der Waals surface area contributed by atoms with Crippen molar-refractivity contribution in [2.45, 2.75) is 49.5 Å². The summed E-state index contributed by atoms with van der Waals surface area (Å²) in [5.41, 5.74) is -1.22. The van der Waals surface area contributed by atoms with Gasteiger partial charge in [0.05, 0.1) is 6.20 Å². The van der Waals surface area contributed by atoms with Gasteiger partial charge in [0.15, 0.2) is 0 Å². The monoisotopic (exact) mass is 299 g/mol. The number of halogens is 2. The Balaban J connectivity index is 1.72. The van der Waals surface area contributed by atoms with Crippen molar-refractivity contribution in [3.63, 3.8) is 0 Å². The average Bonchev–Trinajstić information content (AvgIpc) is 2.98. The molecule has 1 aromatic rings. The van der Waals surface area contributed by atoms with Crippen molar-refractivity contribution in [2.24, 2.45) is 0 Å². The first-order valence-electron chi connectivity index (χ1n) is 7.32. The highest BCUT2D eigenvalue weighted by Crippen LogP contribution is 2.45. The maximum Gasteiger partial charge on any atom is 0.352 e. The number of aromatic amines is 1. The summed E-state index contributed by atoms with van der Waals surface area (Å²) in [5.74, 6) is -4.91. The molecule has 2 aliphatic rings. The zero-order valence-electron chi connectivity index (χ0n) is 11.7. The highest BCUT2D eigenvalue weighted by molar-refractivity contribution is 5.85. The molecule has 2 N–H and O–H groups in total. The SMILES string of the molecule is O=C(N1CCCC(c2cn[nH]c2)C1)C(F)(F)C1(O)CCC1. The molecule has 116 valence electrons. The number of likely N-dealkylation sites (tertiary alicyclic amines) is 1. The molecule has 5 nitrogen and oxygen atoms in total. The minimum atomic E-state index is -3.69. The quantitative estimate of drug-likeness (QED) is 0.892. The first kappa shape index (κ1) is 14.4. The number of amides is 1. The van der Waals surface area contributed by atoms with Gasteiger partial charge >= 0.3 is 5.92 Å². The van der Waals surface area contributed by atoms with Gasteiger partial charge in [-0.05, 0) is 37.7 Å². The molecule has 7 heteroatoms. The molecule has 1 aliphatic carbocycles. The van der Waals surface area contributed by atoms with E-state index in [1.165, 1.54) is 4.90 Å². The first-order chi connectivity index (χ1) is 9.94. The fourth-order valence-electron chi connectivity index (χ4n) is 3.14. The van der Waals surface area contributed by atoms with Crippen molar-refractivity contribution < 1.29 is 18.7 Å². The number of hydrogen-bond donors (Lipinski definition) is 2. The number of alkyl halides is 2. The van der Waals surface area contributed by atoms with Crippen LogP contribution in [-0.2, 0) is 4.79 Å². The maximum atomic E-state index is 14.2. The van der Waals surface area contributed by atoms with Crippen molar-refractivity contribution in [1.82, 2.24) is 15.1 Å². The third kappa shape index (κ3) is 2.33. The van der Waals surface area contributed by atoms with Crippen molar-refractivity contribution in [1.29, 1.82) is 0 Å². The van der Waals surface area contributed by atoms with Crippen LogP contribution in [0.4, 0.5) is 8.78 Å². The van der Waals surface area contributed by atoms with Gasteiger partial charge in [0.2, 0.25) is 0 Å². The van der Waals surface area contributed by atoms with Crippen molar-refractivity contribution in [2.75, 3.05) is 13.1 Å². The number of piperidine rings is 1. The van der Waals surface area contributed by atoms with Crippen LogP contribution in [0.3, 0.4) is 0 Å². The number of carbonyl (C=O) groups is 1. The Bertz CT molecular complexity index is 514. The summed E-state index contributed by atoms with van der Waals surface area (Å²) in [5, 5.41) is 16.4. The smallest absolute Gasteiger partial charge is 0.352 e. The highest BCUT2D eigenvalue weighted by Gasteiger charge is 2.62. The van der Waals surface area contributed by atoms with Gasteiger partial charge in [-0.25, -0.2) is 0 Å². The van der Waals surface area contributed by atoms with Crippen LogP contribution >= 0.6 is 0 Å². The molecule has 1 aliphatic heterocycles. The molecule has 1 saturated heterocycles. The van der Waals surface area contributed by atoms with Crippen LogP contribution in [0.1, 0.15) is 43.6 Å². The van der Waals surface area contributed by atoms with E-state index < -0.39 is 17.4 Å². The average molecular weight is 299 g/mol. The van der Waals surface area contributed by atoms with Crippen molar-refractivity contribution in [3.05, 3.63) is 18.0 Å². The normalized spacial score (nSPS) is 25.5. The lowest BCUT2D eigenvalue weighted by molar-refractivity contribution is -0.224. The van der Waals surface area contributed by atoms with Gasteiger partial charge in [-0.1, -0.05) is 0 Å². The molecule has 0 bridgehead atoms. The van der Waals surface area contributed by atoms with Crippen LogP contribution in [-0.4, -0.2) is 50.7 Å². The van der Waals surface area contributed by atoms with Gasteiger partial charge in [0.1, 0.15) is 5.60 Å². The molecule has 0 aromatic carbocycles. The van der Waals surface area contributed by atoms with Gasteiger partial charge < -0.3 is 10.0 Å². The maximum absolute atomic E-state index is 14.2. The van der Waals surface area contributed by atoms with Gasteiger partial charge in [-0.3, -0.25) is 9.89 Å². The number of aromatic nitrogens is 2. The molecule has 1 atom stereocenters. The third-order valence-electron chi connectivity index (χ3n) is 4.73. The molecule has 21 heavy (non-hydrogen) atoms. The Morgan fingerprint density at radius 1 is 1.48 bits per heavy atom. The lowest BCUT2D eigenvalue weighted by atomic mass is 9.74. The first-order valence-corrected chi connectivity index (χ1v) is 7.32. The second-order valence-corrected chi connectivity index (χ2v) is 6.08. The number of H-pyrrole nitrogens is 1. The van der Waals surface area contributed by atoms with Crippen LogP contribution < -0.4 is 0 Å². The predicted octanol–water partition coefficient (Wildman–Crippen LogP) is 1.67. The molecule has 3 rings (SSSR count). The molecule has 1 saturated carbocycles. The summed E-state index contributed by atoms with van der Waals surface area (Å²) in [6, 6.07) is 0. The molecular weight excluding hydrogens is 280 g/mol. The summed E-state index contributed by atoms with van der Waals surface area (Å²) >= 11 is 0. The second-order valence-electron chi connectivity index (χ2n) is 6.08. The Labute approximate surface area is 121 Å². The number of carbonyl (C=O) groups excluding carboxylic acids is 1. The summed E-state index contributed by atoms with van der Waals surface area (Å²) in [6.45, 7) is 0.572. The van der Waals surface area contributed by atoms with Crippen LogP contribution in [0.2, 0.25) is 0 Å².